The number of hydrogen-bond acceptors (Lipinski definition) is 7. The average molecular weight is 422 g/mol. The lowest BCUT2D eigenvalue weighted by molar-refractivity contribution is -0.129. The summed E-state index contributed by atoms with van der Waals surface area (Å²) in [6, 6.07) is 5.41. The van der Waals surface area contributed by atoms with Gasteiger partial charge in [-0.25, -0.2) is 4.68 Å². The minimum Gasteiger partial charge on any atom is -0.493 e. The van der Waals surface area contributed by atoms with Gasteiger partial charge in [0, 0.05) is 18.7 Å². The minimum absolute atomic E-state index is 0.0769. The maximum atomic E-state index is 12.7. The molecule has 0 aliphatic rings. The van der Waals surface area contributed by atoms with Crippen LogP contribution in [0.3, 0.4) is 0 Å². The van der Waals surface area contributed by atoms with Gasteiger partial charge in [-0.3, -0.25) is 4.79 Å². The van der Waals surface area contributed by atoms with E-state index in [4.69, 9.17) is 15.3 Å². The van der Waals surface area contributed by atoms with Gasteiger partial charge in [0.25, 0.3) is 0 Å². The molecule has 29 heavy (non-hydrogen) atoms. The van der Waals surface area contributed by atoms with Gasteiger partial charge in [-0.15, -0.1) is 10.2 Å². The second-order valence-corrected chi connectivity index (χ2v) is 8.56. The van der Waals surface area contributed by atoms with E-state index in [-0.39, 0.29) is 11.7 Å². The Bertz CT molecular complexity index is 812. The van der Waals surface area contributed by atoms with E-state index in [1.165, 1.54) is 16.4 Å². The molecule has 0 bridgehead atoms. The van der Waals surface area contributed by atoms with E-state index in [1.54, 1.807) is 26.4 Å². The molecule has 9 heteroatoms. The zero-order valence-electron chi connectivity index (χ0n) is 18.0. The summed E-state index contributed by atoms with van der Waals surface area (Å²) in [5.74, 6) is 9.05. The highest BCUT2D eigenvalue weighted by Crippen LogP contribution is 2.32. The fourth-order valence-corrected chi connectivity index (χ4v) is 3.68. The third kappa shape index (κ3) is 6.03. The van der Waals surface area contributed by atoms with Crippen LogP contribution < -0.4 is 15.3 Å². The molecule has 0 radical (unpaired) electrons. The van der Waals surface area contributed by atoms with Crippen molar-refractivity contribution in [3.05, 3.63) is 18.2 Å². The van der Waals surface area contributed by atoms with Crippen LogP contribution in [-0.2, 0) is 4.79 Å². The summed E-state index contributed by atoms with van der Waals surface area (Å²) in [5.41, 5.74) is 0.747. The van der Waals surface area contributed by atoms with Gasteiger partial charge in [0.1, 0.15) is 0 Å². The van der Waals surface area contributed by atoms with E-state index >= 15 is 0 Å². The second-order valence-electron chi connectivity index (χ2n) is 7.62. The summed E-state index contributed by atoms with van der Waals surface area (Å²) in [6.45, 7) is 9.92. The number of thioether (sulfide) groups is 1. The van der Waals surface area contributed by atoms with Crippen molar-refractivity contribution in [1.82, 2.24) is 19.8 Å². The Morgan fingerprint density at radius 3 is 2.28 bits per heavy atom. The number of hydrogen-bond donors (Lipinski definition) is 1. The molecule has 0 atom stereocenters. The molecule has 0 fully saturated rings. The van der Waals surface area contributed by atoms with Crippen LogP contribution in [0.1, 0.15) is 27.7 Å². The van der Waals surface area contributed by atoms with Crippen LogP contribution in [0.15, 0.2) is 23.4 Å². The summed E-state index contributed by atoms with van der Waals surface area (Å²) in [4.78, 5) is 14.6. The van der Waals surface area contributed by atoms with Crippen LogP contribution in [0, 0.1) is 11.8 Å². The third-order valence-corrected chi connectivity index (χ3v) is 5.08. The summed E-state index contributed by atoms with van der Waals surface area (Å²) in [6.07, 6.45) is 0. The van der Waals surface area contributed by atoms with Crippen molar-refractivity contribution in [3.63, 3.8) is 0 Å². The maximum Gasteiger partial charge on any atom is 0.233 e. The number of nitrogens with two attached hydrogens (primary N) is 1. The Labute approximate surface area is 176 Å². The monoisotopic (exact) mass is 421 g/mol. The zero-order chi connectivity index (χ0) is 21.6. The summed E-state index contributed by atoms with van der Waals surface area (Å²) < 4.78 is 12.0. The number of carbonyl (C=O) groups excluding carboxylic acids is 1. The number of benzene rings is 1. The Morgan fingerprint density at radius 2 is 1.72 bits per heavy atom. The Morgan fingerprint density at radius 1 is 1.10 bits per heavy atom. The molecule has 1 heterocycles. The van der Waals surface area contributed by atoms with Crippen molar-refractivity contribution < 1.29 is 14.3 Å². The molecule has 2 rings (SSSR count). The molecule has 0 aliphatic heterocycles. The first-order valence-corrected chi connectivity index (χ1v) is 10.6. The summed E-state index contributed by atoms with van der Waals surface area (Å²) in [5, 5.41) is 8.82. The van der Waals surface area contributed by atoms with Gasteiger partial charge < -0.3 is 20.2 Å². The van der Waals surface area contributed by atoms with Gasteiger partial charge in [-0.2, -0.15) is 0 Å². The molecule has 1 aromatic carbocycles. The number of methoxy groups -OCH3 is 2. The number of nitrogen functional groups attached to an aromatic ring is 1. The molecule has 0 saturated carbocycles. The fraction of sp³-hybridized carbons (Fsp3) is 0.550. The highest BCUT2D eigenvalue weighted by atomic mass is 32.2. The number of nitrogens with zero attached hydrogens (tertiary/aromatic N) is 4. The van der Waals surface area contributed by atoms with E-state index in [0.717, 1.165) is 18.7 Å². The van der Waals surface area contributed by atoms with Crippen molar-refractivity contribution >= 4 is 17.7 Å². The molecule has 0 saturated heterocycles. The van der Waals surface area contributed by atoms with Crippen LogP contribution in [-0.4, -0.2) is 58.7 Å². The van der Waals surface area contributed by atoms with Gasteiger partial charge in [0.15, 0.2) is 17.3 Å². The number of carbonyl (C=O) groups is 1. The number of aromatic nitrogens is 3. The molecule has 0 unspecified atom stereocenters. The van der Waals surface area contributed by atoms with E-state index in [9.17, 15) is 4.79 Å². The maximum absolute atomic E-state index is 12.7. The standard InChI is InChI=1S/C20H31N5O3S/c1-13(2)10-24(11-14(3)4)18(26)12-29-20-23-22-19(25(20)21)15-7-8-16(27-5)17(9-15)28-6/h7-9,13-14H,10-12,21H2,1-6H3. The largest absolute Gasteiger partial charge is 0.493 e. The summed E-state index contributed by atoms with van der Waals surface area (Å²) >= 11 is 1.29. The molecule has 0 aliphatic carbocycles. The second kappa shape index (κ2) is 10.4. The van der Waals surface area contributed by atoms with Crippen LogP contribution in [0.5, 0.6) is 11.5 Å². The van der Waals surface area contributed by atoms with E-state index in [1.807, 2.05) is 11.0 Å². The van der Waals surface area contributed by atoms with Crippen LogP contribution >= 0.6 is 11.8 Å². The number of ether oxygens (including phenoxy) is 2. The lowest BCUT2D eigenvalue weighted by Crippen LogP contribution is -2.38. The molecule has 2 aromatic rings. The van der Waals surface area contributed by atoms with Crippen LogP contribution in [0.25, 0.3) is 11.4 Å². The van der Waals surface area contributed by atoms with Crippen molar-refractivity contribution in [1.29, 1.82) is 0 Å². The smallest absolute Gasteiger partial charge is 0.233 e. The van der Waals surface area contributed by atoms with Crippen molar-refractivity contribution in [3.8, 4) is 22.9 Å². The van der Waals surface area contributed by atoms with Gasteiger partial charge in [0.2, 0.25) is 11.1 Å². The van der Waals surface area contributed by atoms with E-state index < -0.39 is 0 Å². The van der Waals surface area contributed by atoms with Crippen molar-refractivity contribution in [2.45, 2.75) is 32.9 Å². The Balaban J connectivity index is 2.12. The normalized spacial score (nSPS) is 11.2. The highest BCUT2D eigenvalue weighted by molar-refractivity contribution is 7.99. The molecular formula is C20H31N5O3S. The number of amides is 1. The lowest BCUT2D eigenvalue weighted by atomic mass is 10.1. The molecule has 1 aromatic heterocycles. The van der Waals surface area contributed by atoms with Gasteiger partial charge in [0.05, 0.1) is 20.0 Å². The topological polar surface area (TPSA) is 95.5 Å². The summed E-state index contributed by atoms with van der Waals surface area (Å²) in [7, 11) is 3.15. The molecule has 160 valence electrons. The van der Waals surface area contributed by atoms with Crippen molar-refractivity contribution in [2.24, 2.45) is 11.8 Å². The van der Waals surface area contributed by atoms with Gasteiger partial charge in [-0.1, -0.05) is 39.5 Å². The van der Waals surface area contributed by atoms with Gasteiger partial charge in [-0.05, 0) is 30.0 Å². The van der Waals surface area contributed by atoms with Crippen molar-refractivity contribution in [2.75, 3.05) is 38.9 Å². The molecule has 0 spiro atoms. The quantitative estimate of drug-likeness (QED) is 0.465. The zero-order valence-corrected chi connectivity index (χ0v) is 18.8. The van der Waals surface area contributed by atoms with E-state index in [0.29, 0.717) is 34.3 Å². The molecular weight excluding hydrogens is 390 g/mol. The fourth-order valence-electron chi connectivity index (χ4n) is 2.92. The number of rotatable bonds is 10. The lowest BCUT2D eigenvalue weighted by Gasteiger charge is -2.26. The molecule has 8 nitrogen and oxygen atoms in total. The molecule has 1 amide bonds. The SMILES string of the molecule is COc1ccc(-c2nnc(SCC(=O)N(CC(C)C)CC(C)C)n2N)cc1OC. The van der Waals surface area contributed by atoms with Crippen LogP contribution in [0.4, 0.5) is 0 Å². The first-order valence-electron chi connectivity index (χ1n) is 9.60. The van der Waals surface area contributed by atoms with Crippen LogP contribution in [0.2, 0.25) is 0 Å². The highest BCUT2D eigenvalue weighted by Gasteiger charge is 2.19. The van der Waals surface area contributed by atoms with Gasteiger partial charge >= 0.3 is 0 Å². The molecule has 2 N–H and O–H groups in total. The third-order valence-electron chi connectivity index (χ3n) is 4.15. The first kappa shape index (κ1) is 22.9. The average Bonchev–Trinajstić information content (AvgIpc) is 3.04. The predicted molar refractivity (Wildman–Crippen MR) is 116 cm³/mol. The first-order chi connectivity index (χ1) is 13.8. The Hall–Kier alpha value is -2.42. The minimum atomic E-state index is 0.0769. The predicted octanol–water partition coefficient (Wildman–Crippen LogP) is 2.91. The van der Waals surface area contributed by atoms with E-state index in [2.05, 4.69) is 37.9 Å². The Kier molecular flexibility index (Phi) is 8.19.